The van der Waals surface area contributed by atoms with Gasteiger partial charge >= 0.3 is 0 Å². The van der Waals surface area contributed by atoms with Crippen molar-refractivity contribution in [2.24, 2.45) is 0 Å². The summed E-state index contributed by atoms with van der Waals surface area (Å²) in [5, 5.41) is 3.20. The van der Waals surface area contributed by atoms with Crippen LogP contribution < -0.4 is 5.32 Å². The fourth-order valence-corrected chi connectivity index (χ4v) is 2.30. The summed E-state index contributed by atoms with van der Waals surface area (Å²) in [5.41, 5.74) is 2.09. The van der Waals surface area contributed by atoms with Crippen LogP contribution in [0.25, 0.3) is 0 Å². The molecule has 0 amide bonds. The largest absolute Gasteiger partial charge is 0.501 e. The topological polar surface area (TPSA) is 21.3 Å². The molecule has 0 fully saturated rings. The Morgan fingerprint density at radius 3 is 2.88 bits per heavy atom. The molecule has 0 saturated heterocycles. The van der Waals surface area contributed by atoms with Crippen molar-refractivity contribution in [1.82, 2.24) is 5.32 Å². The van der Waals surface area contributed by atoms with Gasteiger partial charge in [-0.15, -0.1) is 0 Å². The normalized spacial score (nSPS) is 17.2. The molecule has 1 aliphatic rings. The SMILES string of the molecule is CNC(C1=COCCC1)c1ccc(Br)c(F)c1. The molecule has 1 N–H and O–H groups in total. The molecule has 2 nitrogen and oxygen atoms in total. The third-order valence-corrected chi connectivity index (χ3v) is 3.54. The number of ether oxygens (including phenoxy) is 1. The minimum atomic E-state index is -0.236. The molecule has 0 saturated carbocycles. The van der Waals surface area contributed by atoms with Crippen molar-refractivity contribution in [2.75, 3.05) is 13.7 Å². The molecular weight excluding hydrogens is 285 g/mol. The number of rotatable bonds is 3. The summed E-state index contributed by atoms with van der Waals surface area (Å²) >= 11 is 3.16. The van der Waals surface area contributed by atoms with Crippen molar-refractivity contribution in [1.29, 1.82) is 0 Å². The Kier molecular flexibility index (Phi) is 4.18. The van der Waals surface area contributed by atoms with Crippen molar-refractivity contribution in [3.8, 4) is 0 Å². The first-order chi connectivity index (χ1) is 8.22. The highest BCUT2D eigenvalue weighted by atomic mass is 79.9. The number of benzene rings is 1. The van der Waals surface area contributed by atoms with Gasteiger partial charge in [-0.3, -0.25) is 0 Å². The third-order valence-electron chi connectivity index (χ3n) is 2.90. The van der Waals surface area contributed by atoms with Crippen LogP contribution in [0.5, 0.6) is 0 Å². The average molecular weight is 300 g/mol. The van der Waals surface area contributed by atoms with Crippen LogP contribution in [0.15, 0.2) is 34.5 Å². The van der Waals surface area contributed by atoms with Crippen LogP contribution in [0.3, 0.4) is 0 Å². The van der Waals surface area contributed by atoms with E-state index in [1.165, 1.54) is 5.57 Å². The lowest BCUT2D eigenvalue weighted by atomic mass is 9.95. The summed E-state index contributed by atoms with van der Waals surface area (Å²) < 4.78 is 19.3. The van der Waals surface area contributed by atoms with Crippen molar-refractivity contribution in [2.45, 2.75) is 18.9 Å². The molecule has 1 unspecified atom stereocenters. The zero-order chi connectivity index (χ0) is 12.3. The van der Waals surface area contributed by atoms with E-state index in [1.807, 2.05) is 13.1 Å². The Morgan fingerprint density at radius 2 is 2.29 bits per heavy atom. The van der Waals surface area contributed by atoms with E-state index in [2.05, 4.69) is 21.2 Å². The molecule has 92 valence electrons. The summed E-state index contributed by atoms with van der Waals surface area (Å²) in [5.74, 6) is -0.236. The van der Waals surface area contributed by atoms with Gasteiger partial charge in [-0.25, -0.2) is 4.39 Å². The Hall–Kier alpha value is -0.870. The third kappa shape index (κ3) is 2.87. The molecule has 4 heteroatoms. The van der Waals surface area contributed by atoms with Crippen molar-refractivity contribution in [3.05, 3.63) is 45.9 Å². The summed E-state index contributed by atoms with van der Waals surface area (Å²) in [6.07, 6.45) is 3.80. The van der Waals surface area contributed by atoms with E-state index in [0.717, 1.165) is 25.0 Å². The predicted octanol–water partition coefficient (Wildman–Crippen LogP) is 3.54. The average Bonchev–Trinajstić information content (AvgIpc) is 2.36. The monoisotopic (exact) mass is 299 g/mol. The molecule has 1 atom stereocenters. The van der Waals surface area contributed by atoms with E-state index in [9.17, 15) is 4.39 Å². The quantitative estimate of drug-likeness (QED) is 0.922. The highest BCUT2D eigenvalue weighted by Crippen LogP contribution is 2.29. The number of nitrogens with one attached hydrogen (secondary N) is 1. The summed E-state index contributed by atoms with van der Waals surface area (Å²) in [7, 11) is 1.88. The molecular formula is C13H15BrFNO. The first kappa shape index (κ1) is 12.6. The smallest absolute Gasteiger partial charge is 0.137 e. The van der Waals surface area contributed by atoms with Gasteiger partial charge < -0.3 is 10.1 Å². The first-order valence-electron chi connectivity index (χ1n) is 5.65. The zero-order valence-corrected chi connectivity index (χ0v) is 11.3. The van der Waals surface area contributed by atoms with Gasteiger partial charge in [0.15, 0.2) is 0 Å². The van der Waals surface area contributed by atoms with Gasteiger partial charge in [0.2, 0.25) is 0 Å². The Bertz CT molecular complexity index is 433. The summed E-state index contributed by atoms with van der Waals surface area (Å²) in [6.45, 7) is 0.772. The second kappa shape index (κ2) is 5.65. The molecule has 1 heterocycles. The zero-order valence-electron chi connectivity index (χ0n) is 9.67. The van der Waals surface area contributed by atoms with Crippen molar-refractivity contribution < 1.29 is 9.13 Å². The molecule has 17 heavy (non-hydrogen) atoms. The molecule has 0 aromatic heterocycles. The second-order valence-electron chi connectivity index (χ2n) is 4.06. The molecule has 2 rings (SSSR count). The van der Waals surface area contributed by atoms with Gasteiger partial charge in [0, 0.05) is 0 Å². The van der Waals surface area contributed by atoms with Crippen LogP contribution in [-0.2, 0) is 4.74 Å². The van der Waals surface area contributed by atoms with E-state index in [1.54, 1.807) is 18.4 Å². The Labute approximate surface area is 109 Å². The van der Waals surface area contributed by atoms with Crippen LogP contribution in [0.4, 0.5) is 4.39 Å². The molecule has 1 aromatic rings. The number of halogens is 2. The Morgan fingerprint density at radius 1 is 1.47 bits per heavy atom. The van der Waals surface area contributed by atoms with Crippen LogP contribution in [-0.4, -0.2) is 13.7 Å². The molecule has 1 aromatic carbocycles. The van der Waals surface area contributed by atoms with E-state index in [-0.39, 0.29) is 11.9 Å². The second-order valence-corrected chi connectivity index (χ2v) is 4.92. The molecule has 0 bridgehead atoms. The van der Waals surface area contributed by atoms with Gasteiger partial charge in [-0.2, -0.15) is 0 Å². The van der Waals surface area contributed by atoms with Gasteiger partial charge in [0.25, 0.3) is 0 Å². The lowest BCUT2D eigenvalue weighted by Crippen LogP contribution is -2.21. The van der Waals surface area contributed by atoms with Crippen molar-refractivity contribution >= 4 is 15.9 Å². The highest BCUT2D eigenvalue weighted by Gasteiger charge is 2.18. The maximum absolute atomic E-state index is 13.5. The summed E-state index contributed by atoms with van der Waals surface area (Å²) in [6, 6.07) is 5.24. The maximum Gasteiger partial charge on any atom is 0.137 e. The Balaban J connectivity index is 2.28. The van der Waals surface area contributed by atoms with Gasteiger partial charge in [0.05, 0.1) is 23.4 Å². The number of hydrogen-bond donors (Lipinski definition) is 1. The molecule has 1 aliphatic heterocycles. The lowest BCUT2D eigenvalue weighted by Gasteiger charge is -2.23. The van der Waals surface area contributed by atoms with Crippen LogP contribution in [0, 0.1) is 5.82 Å². The van der Waals surface area contributed by atoms with Crippen LogP contribution >= 0.6 is 15.9 Å². The standard InChI is InChI=1S/C13H15BrFNO/c1-16-13(10-3-2-6-17-8-10)9-4-5-11(14)12(15)7-9/h4-5,7-8,13,16H,2-3,6H2,1H3. The lowest BCUT2D eigenvalue weighted by molar-refractivity contribution is 0.220. The minimum Gasteiger partial charge on any atom is -0.501 e. The number of hydrogen-bond acceptors (Lipinski definition) is 2. The van der Waals surface area contributed by atoms with E-state index < -0.39 is 0 Å². The van der Waals surface area contributed by atoms with E-state index in [4.69, 9.17) is 4.74 Å². The fraction of sp³-hybridized carbons (Fsp3) is 0.385. The van der Waals surface area contributed by atoms with Gasteiger partial charge in [-0.1, -0.05) is 6.07 Å². The molecule has 0 spiro atoms. The molecule has 0 aliphatic carbocycles. The summed E-state index contributed by atoms with van der Waals surface area (Å²) in [4.78, 5) is 0. The highest BCUT2D eigenvalue weighted by molar-refractivity contribution is 9.10. The molecule has 0 radical (unpaired) electrons. The van der Waals surface area contributed by atoms with E-state index >= 15 is 0 Å². The van der Waals surface area contributed by atoms with Crippen LogP contribution in [0.2, 0.25) is 0 Å². The van der Waals surface area contributed by atoms with Gasteiger partial charge in [0.1, 0.15) is 5.82 Å². The van der Waals surface area contributed by atoms with Gasteiger partial charge in [-0.05, 0) is 59.1 Å². The fourth-order valence-electron chi connectivity index (χ4n) is 2.05. The minimum absolute atomic E-state index is 0.0258. The van der Waals surface area contributed by atoms with Crippen molar-refractivity contribution in [3.63, 3.8) is 0 Å². The maximum atomic E-state index is 13.5. The first-order valence-corrected chi connectivity index (χ1v) is 6.44. The van der Waals surface area contributed by atoms with Crippen LogP contribution in [0.1, 0.15) is 24.4 Å². The predicted molar refractivity (Wildman–Crippen MR) is 69.2 cm³/mol. The number of likely N-dealkylation sites (N-methyl/N-ethyl adjacent to an activating group) is 1. The van der Waals surface area contributed by atoms with E-state index in [0.29, 0.717) is 4.47 Å².